The quantitative estimate of drug-likeness (QED) is 0.290. The fraction of sp³-hybridized carbons (Fsp3) is 0.765. The highest BCUT2D eigenvalue weighted by molar-refractivity contribution is 7.76. The van der Waals surface area contributed by atoms with E-state index in [0.29, 0.717) is 6.61 Å². The summed E-state index contributed by atoms with van der Waals surface area (Å²) in [5.41, 5.74) is 0. The number of hydrogen-bond donors (Lipinski definition) is 0. The molecule has 0 rings (SSSR count). The zero-order valence-corrected chi connectivity index (χ0v) is 14.6. The van der Waals surface area contributed by atoms with E-state index in [1.165, 1.54) is 57.0 Å². The molecule has 0 aliphatic rings. The van der Waals surface area contributed by atoms with Crippen LogP contribution in [0.1, 0.15) is 59.3 Å². The zero-order chi connectivity index (χ0) is 15.3. The van der Waals surface area contributed by atoms with Crippen molar-refractivity contribution in [3.63, 3.8) is 0 Å². The molecule has 0 fully saturated rings. The van der Waals surface area contributed by atoms with Crippen LogP contribution in [0.25, 0.3) is 0 Å². The molecule has 0 saturated carbocycles. The second-order valence-electron chi connectivity index (χ2n) is 5.50. The molecule has 0 saturated heterocycles. The molecule has 0 N–H and O–H groups in total. The van der Waals surface area contributed by atoms with Crippen LogP contribution in [0.15, 0.2) is 12.7 Å². The minimum atomic E-state index is -1.28. The minimum Gasteiger partial charge on any atom is -0.458 e. The number of unbranched alkanes of at least 4 members (excludes halogenated alkanes) is 3. The molecular formula is C17H33O2P. The molecule has 0 aromatic rings. The van der Waals surface area contributed by atoms with Crippen molar-refractivity contribution in [1.82, 2.24) is 0 Å². The number of rotatable bonds is 12. The largest absolute Gasteiger partial charge is 0.458 e. The van der Waals surface area contributed by atoms with Crippen LogP contribution in [0.5, 0.6) is 0 Å². The van der Waals surface area contributed by atoms with E-state index in [1.54, 1.807) is 6.08 Å². The van der Waals surface area contributed by atoms with Crippen LogP contribution >= 0.6 is 6.89 Å². The van der Waals surface area contributed by atoms with Gasteiger partial charge in [-0.05, 0) is 37.7 Å². The van der Waals surface area contributed by atoms with Crippen LogP contribution in [0.4, 0.5) is 0 Å². The van der Waals surface area contributed by atoms with Crippen molar-refractivity contribution in [2.75, 3.05) is 25.1 Å². The molecule has 0 unspecified atom stereocenters. The molecule has 0 radical (unpaired) electrons. The van der Waals surface area contributed by atoms with Crippen LogP contribution in [0.2, 0.25) is 0 Å². The first kappa shape index (κ1) is 19.5. The first-order chi connectivity index (χ1) is 9.64. The Morgan fingerprint density at radius 1 is 1.00 bits per heavy atom. The van der Waals surface area contributed by atoms with Crippen LogP contribution in [-0.4, -0.2) is 36.9 Å². The summed E-state index contributed by atoms with van der Waals surface area (Å²) in [5.74, 6) is 1.86. The molecular weight excluding hydrogens is 267 g/mol. The molecule has 20 heavy (non-hydrogen) atoms. The molecule has 3 heteroatoms. The van der Waals surface area contributed by atoms with Crippen molar-refractivity contribution in [3.8, 4) is 0 Å². The molecule has 0 aromatic heterocycles. The maximum absolute atomic E-state index is 12.0. The average Bonchev–Trinajstić information content (AvgIpc) is 2.46. The Balaban J connectivity index is 5.03. The van der Waals surface area contributed by atoms with Gasteiger partial charge in [0, 0.05) is 5.80 Å². The SMILES string of the molecule is C=CCOC(=O)C=P(CCCC)(CCCC)CCCC. The normalized spacial score (nSPS) is 11.2. The second-order valence-corrected chi connectivity index (χ2v) is 9.53. The highest BCUT2D eigenvalue weighted by atomic mass is 31.2. The molecule has 0 aromatic carbocycles. The summed E-state index contributed by atoms with van der Waals surface area (Å²) in [6.45, 7) is 9.32. The fourth-order valence-electron chi connectivity index (χ4n) is 2.35. The van der Waals surface area contributed by atoms with Crippen molar-refractivity contribution < 1.29 is 9.53 Å². The number of carbonyl (C=O) groups is 1. The Morgan fingerprint density at radius 2 is 1.45 bits per heavy atom. The summed E-state index contributed by atoms with van der Waals surface area (Å²) in [4.78, 5) is 12.0. The van der Waals surface area contributed by atoms with Crippen LogP contribution < -0.4 is 0 Å². The van der Waals surface area contributed by atoms with Gasteiger partial charge in [0.15, 0.2) is 0 Å². The molecule has 0 heterocycles. The Hall–Kier alpha value is -0.490. The molecule has 0 aliphatic heterocycles. The lowest BCUT2D eigenvalue weighted by Gasteiger charge is -2.26. The third-order valence-electron chi connectivity index (χ3n) is 3.59. The van der Waals surface area contributed by atoms with E-state index in [4.69, 9.17) is 4.74 Å². The van der Waals surface area contributed by atoms with E-state index >= 15 is 0 Å². The Morgan fingerprint density at radius 3 is 1.80 bits per heavy atom. The molecule has 2 nitrogen and oxygen atoms in total. The number of esters is 1. The third-order valence-corrected chi connectivity index (χ3v) is 7.97. The van der Waals surface area contributed by atoms with E-state index in [1.807, 2.05) is 5.80 Å². The van der Waals surface area contributed by atoms with Gasteiger partial charge in [0.1, 0.15) is 6.61 Å². The zero-order valence-electron chi connectivity index (χ0n) is 13.7. The highest BCUT2D eigenvalue weighted by Gasteiger charge is 2.18. The van der Waals surface area contributed by atoms with Crippen molar-refractivity contribution in [3.05, 3.63) is 12.7 Å². The summed E-state index contributed by atoms with van der Waals surface area (Å²) < 4.78 is 5.20. The second kappa shape index (κ2) is 12.3. The van der Waals surface area contributed by atoms with Crippen molar-refractivity contribution >= 4 is 18.7 Å². The highest BCUT2D eigenvalue weighted by Crippen LogP contribution is 2.49. The fourth-order valence-corrected chi connectivity index (χ4v) is 6.77. The topological polar surface area (TPSA) is 26.3 Å². The predicted molar refractivity (Wildman–Crippen MR) is 93.5 cm³/mol. The molecule has 0 aliphatic carbocycles. The average molecular weight is 300 g/mol. The van der Waals surface area contributed by atoms with E-state index in [0.717, 1.165) is 0 Å². The predicted octanol–water partition coefficient (Wildman–Crippen LogP) is 4.94. The molecule has 0 atom stereocenters. The third kappa shape index (κ3) is 8.64. The van der Waals surface area contributed by atoms with Gasteiger partial charge in [-0.15, -0.1) is 0 Å². The smallest absolute Gasteiger partial charge is 0.331 e. The van der Waals surface area contributed by atoms with Crippen LogP contribution in [-0.2, 0) is 9.53 Å². The van der Waals surface area contributed by atoms with E-state index < -0.39 is 6.89 Å². The monoisotopic (exact) mass is 300 g/mol. The standard InChI is InChI=1S/C17H33O2P/c1-5-9-13-20(14-10-6-2,15-11-7-3)16-17(18)19-12-8-4/h8,16H,4-7,9-15H2,1-3H3. The Kier molecular flexibility index (Phi) is 12.0. The lowest BCUT2D eigenvalue weighted by molar-refractivity contribution is -0.133. The van der Waals surface area contributed by atoms with Gasteiger partial charge in [0.25, 0.3) is 0 Å². The number of carbonyl (C=O) groups excluding carboxylic acids is 1. The van der Waals surface area contributed by atoms with Gasteiger partial charge in [-0.1, -0.05) is 59.6 Å². The van der Waals surface area contributed by atoms with Gasteiger partial charge < -0.3 is 4.74 Å². The lowest BCUT2D eigenvalue weighted by atomic mass is 10.4. The van der Waals surface area contributed by atoms with Crippen LogP contribution in [0, 0.1) is 0 Å². The minimum absolute atomic E-state index is 0.124. The summed E-state index contributed by atoms with van der Waals surface area (Å²) >= 11 is 0. The summed E-state index contributed by atoms with van der Waals surface area (Å²) in [7, 11) is 0. The molecule has 0 spiro atoms. The van der Waals surface area contributed by atoms with Crippen molar-refractivity contribution in [1.29, 1.82) is 0 Å². The van der Waals surface area contributed by atoms with Gasteiger partial charge >= 0.3 is 5.97 Å². The first-order valence-electron chi connectivity index (χ1n) is 8.13. The Labute approximate surface area is 126 Å². The maximum atomic E-state index is 12.0. The summed E-state index contributed by atoms with van der Waals surface area (Å²) in [6, 6.07) is 0. The number of hydrogen-bond acceptors (Lipinski definition) is 2. The maximum Gasteiger partial charge on any atom is 0.331 e. The Bertz CT molecular complexity index is 292. The van der Waals surface area contributed by atoms with Gasteiger partial charge in [0.05, 0.1) is 0 Å². The van der Waals surface area contributed by atoms with Crippen molar-refractivity contribution in [2.45, 2.75) is 59.3 Å². The van der Waals surface area contributed by atoms with E-state index in [-0.39, 0.29) is 5.97 Å². The lowest BCUT2D eigenvalue weighted by Crippen LogP contribution is -2.12. The first-order valence-corrected chi connectivity index (χ1v) is 10.5. The summed E-state index contributed by atoms with van der Waals surface area (Å²) in [6.07, 6.45) is 12.6. The van der Waals surface area contributed by atoms with Gasteiger partial charge in [-0.25, -0.2) is 4.79 Å². The van der Waals surface area contributed by atoms with Gasteiger partial charge in [-0.3, -0.25) is 0 Å². The van der Waals surface area contributed by atoms with Gasteiger partial charge in [-0.2, -0.15) is 0 Å². The van der Waals surface area contributed by atoms with E-state index in [9.17, 15) is 4.79 Å². The number of ether oxygens (including phenoxy) is 1. The molecule has 0 bridgehead atoms. The van der Waals surface area contributed by atoms with E-state index in [2.05, 4.69) is 27.4 Å². The van der Waals surface area contributed by atoms with Gasteiger partial charge in [0.2, 0.25) is 0 Å². The molecule has 0 amide bonds. The summed E-state index contributed by atoms with van der Waals surface area (Å²) in [5, 5.41) is 0. The van der Waals surface area contributed by atoms with Crippen molar-refractivity contribution in [2.24, 2.45) is 0 Å². The molecule has 118 valence electrons. The van der Waals surface area contributed by atoms with Crippen LogP contribution in [0.3, 0.4) is 0 Å².